The van der Waals surface area contributed by atoms with Crippen LogP contribution in [0.5, 0.6) is 5.75 Å². The molecule has 0 aromatic heterocycles. The van der Waals surface area contributed by atoms with Crippen LogP contribution in [0.4, 0.5) is 0 Å². The Morgan fingerprint density at radius 3 is 2.50 bits per heavy atom. The maximum Gasteiger partial charge on any atom is 0.257 e. The first-order valence-corrected chi connectivity index (χ1v) is 7.47. The van der Waals surface area contributed by atoms with E-state index in [0.717, 1.165) is 23.2 Å². The van der Waals surface area contributed by atoms with Gasteiger partial charge in [-0.25, -0.2) is 5.48 Å². The minimum Gasteiger partial charge on any atom is -0.497 e. The summed E-state index contributed by atoms with van der Waals surface area (Å²) in [6.07, 6.45) is 0.789. The molecule has 6 heteroatoms. The quantitative estimate of drug-likeness (QED) is 0.440. The lowest BCUT2D eigenvalue weighted by atomic mass is 10.1. The zero-order valence-electron chi connectivity index (χ0n) is 13.4. The van der Waals surface area contributed by atoms with E-state index in [1.54, 1.807) is 30.8 Å². The molecule has 2 N–H and O–H groups in total. The highest BCUT2D eigenvalue weighted by molar-refractivity contribution is 5.77. The Balaban J connectivity index is 2.13. The van der Waals surface area contributed by atoms with Crippen LogP contribution >= 0.6 is 0 Å². The molecule has 6 nitrogen and oxygen atoms in total. The van der Waals surface area contributed by atoms with Crippen LogP contribution in [0.2, 0.25) is 0 Å². The SMILES string of the molecule is COc1ccc(CN(CC(=O)NO)Cc2cccc(C=O)c2)cc1. The Morgan fingerprint density at radius 2 is 1.88 bits per heavy atom. The first-order valence-electron chi connectivity index (χ1n) is 7.47. The Bertz CT molecular complexity index is 686. The number of carbonyl (C=O) groups excluding carboxylic acids is 2. The zero-order chi connectivity index (χ0) is 17.4. The highest BCUT2D eigenvalue weighted by atomic mass is 16.5. The highest BCUT2D eigenvalue weighted by Crippen LogP contribution is 2.15. The summed E-state index contributed by atoms with van der Waals surface area (Å²) in [6.45, 7) is 1.03. The number of nitrogens with zero attached hydrogens (tertiary/aromatic N) is 1. The number of carbonyl (C=O) groups is 2. The maximum absolute atomic E-state index is 11.5. The molecule has 2 aromatic carbocycles. The van der Waals surface area contributed by atoms with Crippen molar-refractivity contribution < 1.29 is 19.5 Å². The van der Waals surface area contributed by atoms with E-state index in [0.29, 0.717) is 18.7 Å². The van der Waals surface area contributed by atoms with Gasteiger partial charge in [0.1, 0.15) is 12.0 Å². The normalized spacial score (nSPS) is 10.5. The number of hydroxylamine groups is 1. The number of nitrogens with one attached hydrogen (secondary N) is 1. The molecule has 126 valence electrons. The van der Waals surface area contributed by atoms with E-state index >= 15 is 0 Å². The number of hydrogen-bond acceptors (Lipinski definition) is 5. The van der Waals surface area contributed by atoms with E-state index in [1.807, 2.05) is 35.2 Å². The number of hydrogen-bond donors (Lipinski definition) is 2. The van der Waals surface area contributed by atoms with Gasteiger partial charge >= 0.3 is 0 Å². The van der Waals surface area contributed by atoms with Gasteiger partial charge < -0.3 is 4.74 Å². The van der Waals surface area contributed by atoms with Gasteiger partial charge in [-0.3, -0.25) is 19.7 Å². The zero-order valence-corrected chi connectivity index (χ0v) is 13.4. The summed E-state index contributed by atoms with van der Waals surface area (Å²) in [5.74, 6) is 0.270. The second-order valence-corrected chi connectivity index (χ2v) is 5.39. The van der Waals surface area contributed by atoms with Crippen LogP contribution < -0.4 is 10.2 Å². The second-order valence-electron chi connectivity index (χ2n) is 5.39. The van der Waals surface area contributed by atoms with Crippen LogP contribution in [0, 0.1) is 0 Å². The van der Waals surface area contributed by atoms with Crippen LogP contribution in [0.1, 0.15) is 21.5 Å². The molecule has 0 fully saturated rings. The second kappa shape index (κ2) is 8.81. The fraction of sp³-hybridized carbons (Fsp3) is 0.222. The number of rotatable bonds is 8. The summed E-state index contributed by atoms with van der Waals surface area (Å²) < 4.78 is 5.13. The van der Waals surface area contributed by atoms with Crippen molar-refractivity contribution in [1.82, 2.24) is 10.4 Å². The molecular weight excluding hydrogens is 308 g/mol. The summed E-state index contributed by atoms with van der Waals surface area (Å²) in [6, 6.07) is 14.8. The van der Waals surface area contributed by atoms with Crippen molar-refractivity contribution in [2.24, 2.45) is 0 Å². The lowest BCUT2D eigenvalue weighted by molar-refractivity contribution is -0.130. The first-order chi connectivity index (χ1) is 11.6. The molecule has 0 heterocycles. The van der Waals surface area contributed by atoms with E-state index in [9.17, 15) is 9.59 Å². The lowest BCUT2D eigenvalue weighted by Crippen LogP contribution is -2.35. The number of benzene rings is 2. The molecule has 1 amide bonds. The third-order valence-electron chi connectivity index (χ3n) is 3.55. The van der Waals surface area contributed by atoms with Gasteiger partial charge in [-0.1, -0.05) is 30.3 Å². The van der Waals surface area contributed by atoms with Gasteiger partial charge in [0, 0.05) is 18.7 Å². The molecule has 0 bridgehead atoms. The molecule has 0 atom stereocenters. The van der Waals surface area contributed by atoms with Crippen molar-refractivity contribution in [2.75, 3.05) is 13.7 Å². The van der Waals surface area contributed by atoms with Crippen molar-refractivity contribution in [3.63, 3.8) is 0 Å². The largest absolute Gasteiger partial charge is 0.497 e. The summed E-state index contributed by atoms with van der Waals surface area (Å²) in [5, 5.41) is 8.78. The molecule has 0 spiro atoms. The van der Waals surface area contributed by atoms with E-state index < -0.39 is 5.91 Å². The molecule has 0 saturated carbocycles. The summed E-state index contributed by atoms with van der Waals surface area (Å²) in [7, 11) is 1.60. The molecule has 2 rings (SSSR count). The maximum atomic E-state index is 11.5. The van der Waals surface area contributed by atoms with E-state index in [4.69, 9.17) is 9.94 Å². The van der Waals surface area contributed by atoms with Crippen LogP contribution in [0.3, 0.4) is 0 Å². The minimum atomic E-state index is -0.491. The smallest absolute Gasteiger partial charge is 0.257 e. The standard InChI is InChI=1S/C18H20N2O4/c1-24-17-7-5-14(6-8-17)10-20(12-18(22)19-23)11-15-3-2-4-16(9-15)13-21/h2-9,13,23H,10-12H2,1H3,(H,19,22). The molecule has 0 aliphatic rings. The third kappa shape index (κ3) is 5.19. The van der Waals surface area contributed by atoms with Gasteiger partial charge in [-0.2, -0.15) is 0 Å². The molecule has 0 aliphatic heterocycles. The fourth-order valence-electron chi connectivity index (χ4n) is 2.42. The van der Waals surface area contributed by atoms with E-state index in [-0.39, 0.29) is 6.54 Å². The van der Waals surface area contributed by atoms with Gasteiger partial charge in [0.25, 0.3) is 5.91 Å². The molecule has 2 aromatic rings. The topological polar surface area (TPSA) is 78.9 Å². The average molecular weight is 328 g/mol. The van der Waals surface area contributed by atoms with Gasteiger partial charge in [0.2, 0.25) is 0 Å². The van der Waals surface area contributed by atoms with Crippen LogP contribution in [0.15, 0.2) is 48.5 Å². The fourth-order valence-corrected chi connectivity index (χ4v) is 2.42. The van der Waals surface area contributed by atoms with Crippen molar-refractivity contribution in [2.45, 2.75) is 13.1 Å². The Morgan fingerprint density at radius 1 is 1.17 bits per heavy atom. The summed E-state index contributed by atoms with van der Waals surface area (Å²) >= 11 is 0. The Kier molecular flexibility index (Phi) is 6.48. The number of methoxy groups -OCH3 is 1. The third-order valence-corrected chi connectivity index (χ3v) is 3.55. The van der Waals surface area contributed by atoms with Crippen LogP contribution in [0.25, 0.3) is 0 Å². The molecule has 0 radical (unpaired) electrons. The highest BCUT2D eigenvalue weighted by Gasteiger charge is 2.12. The Hall–Kier alpha value is -2.70. The lowest BCUT2D eigenvalue weighted by Gasteiger charge is -2.21. The van der Waals surface area contributed by atoms with Crippen molar-refractivity contribution in [1.29, 1.82) is 0 Å². The monoisotopic (exact) mass is 328 g/mol. The number of aldehydes is 1. The minimum absolute atomic E-state index is 0.0356. The van der Waals surface area contributed by atoms with Gasteiger partial charge in [0.15, 0.2) is 0 Å². The van der Waals surface area contributed by atoms with Crippen molar-refractivity contribution in [3.8, 4) is 5.75 Å². The molecular formula is C18H20N2O4. The van der Waals surface area contributed by atoms with Gasteiger partial charge in [0.05, 0.1) is 13.7 Å². The molecule has 24 heavy (non-hydrogen) atoms. The van der Waals surface area contributed by atoms with Crippen LogP contribution in [-0.2, 0) is 17.9 Å². The predicted molar refractivity (Wildman–Crippen MR) is 88.9 cm³/mol. The molecule has 0 unspecified atom stereocenters. The number of amides is 1. The van der Waals surface area contributed by atoms with Gasteiger partial charge in [-0.15, -0.1) is 0 Å². The average Bonchev–Trinajstić information content (AvgIpc) is 2.62. The van der Waals surface area contributed by atoms with E-state index in [1.165, 1.54) is 0 Å². The summed E-state index contributed by atoms with van der Waals surface area (Å²) in [4.78, 5) is 24.3. The van der Waals surface area contributed by atoms with E-state index in [2.05, 4.69) is 0 Å². The predicted octanol–water partition coefficient (Wildman–Crippen LogP) is 2.02. The van der Waals surface area contributed by atoms with Gasteiger partial charge in [-0.05, 0) is 29.3 Å². The summed E-state index contributed by atoms with van der Waals surface area (Å²) in [5.41, 5.74) is 4.16. The molecule has 0 aliphatic carbocycles. The number of ether oxygens (including phenoxy) is 1. The van der Waals surface area contributed by atoms with Crippen molar-refractivity contribution in [3.05, 3.63) is 65.2 Å². The first kappa shape index (κ1) is 17.7. The molecule has 0 saturated heterocycles. The van der Waals surface area contributed by atoms with Crippen molar-refractivity contribution >= 4 is 12.2 Å². The van der Waals surface area contributed by atoms with Crippen LogP contribution in [-0.4, -0.2) is 36.0 Å². The Labute approximate surface area is 140 Å².